The van der Waals surface area contributed by atoms with Crippen LogP contribution in [0.1, 0.15) is 29.2 Å². The van der Waals surface area contributed by atoms with Gasteiger partial charge in [-0.2, -0.15) is 10.1 Å². The highest BCUT2D eigenvalue weighted by Gasteiger charge is 2.37. The van der Waals surface area contributed by atoms with E-state index in [1.165, 1.54) is 0 Å². The van der Waals surface area contributed by atoms with Crippen molar-refractivity contribution >= 4 is 34.6 Å². The molecule has 0 saturated heterocycles. The van der Waals surface area contributed by atoms with Crippen molar-refractivity contribution in [1.82, 2.24) is 5.01 Å². The van der Waals surface area contributed by atoms with E-state index in [0.717, 1.165) is 34.2 Å². The number of carbonyl (C=O) groups is 1. The number of ether oxygens (including phenoxy) is 1. The molecule has 0 radical (unpaired) electrons. The molecule has 1 atom stereocenters. The van der Waals surface area contributed by atoms with E-state index in [4.69, 9.17) is 9.84 Å². The number of rotatable bonds is 4. The number of benzene rings is 3. The molecule has 6 nitrogen and oxygen atoms in total. The Balaban J connectivity index is 1.60. The molecule has 5 rings (SSSR count). The van der Waals surface area contributed by atoms with Crippen molar-refractivity contribution < 1.29 is 14.6 Å². The summed E-state index contributed by atoms with van der Waals surface area (Å²) in [6, 6.07) is 24.4. The SMILES string of the molecule is COc1ccccc1/C=C1\SC(=O)N=C1N1N=C(c2ccccc2)CC1c1ccccc1O. The minimum absolute atomic E-state index is 0.185. The molecule has 1 unspecified atom stereocenters. The Morgan fingerprint density at radius 3 is 2.55 bits per heavy atom. The van der Waals surface area contributed by atoms with Crippen LogP contribution in [0.4, 0.5) is 4.79 Å². The molecule has 3 aromatic carbocycles. The molecule has 0 aromatic heterocycles. The first-order valence-electron chi connectivity index (χ1n) is 10.5. The van der Waals surface area contributed by atoms with E-state index in [9.17, 15) is 9.90 Å². The second kappa shape index (κ2) is 8.96. The number of amidine groups is 1. The fraction of sp³-hybridized carbons (Fsp3) is 0.115. The zero-order chi connectivity index (χ0) is 22.8. The highest BCUT2D eigenvalue weighted by Crippen LogP contribution is 2.42. The molecule has 2 aliphatic heterocycles. The van der Waals surface area contributed by atoms with Gasteiger partial charge in [0.05, 0.1) is 23.8 Å². The maximum absolute atomic E-state index is 12.4. The van der Waals surface area contributed by atoms with E-state index in [1.807, 2.05) is 72.8 Å². The van der Waals surface area contributed by atoms with Crippen LogP contribution >= 0.6 is 11.8 Å². The molecular weight excluding hydrogens is 434 g/mol. The third-order valence-corrected chi connectivity index (χ3v) is 6.36. The molecule has 0 aliphatic carbocycles. The van der Waals surface area contributed by atoms with Gasteiger partial charge >= 0.3 is 5.24 Å². The molecule has 3 aromatic rings. The van der Waals surface area contributed by atoms with Gasteiger partial charge in [0.25, 0.3) is 0 Å². The van der Waals surface area contributed by atoms with Crippen molar-refractivity contribution in [2.45, 2.75) is 12.5 Å². The minimum atomic E-state index is -0.300. The van der Waals surface area contributed by atoms with Gasteiger partial charge in [0.2, 0.25) is 0 Å². The van der Waals surface area contributed by atoms with Crippen molar-refractivity contribution in [2.24, 2.45) is 10.1 Å². The van der Waals surface area contributed by atoms with Crippen LogP contribution in [0.25, 0.3) is 6.08 Å². The molecule has 2 aliphatic rings. The fourth-order valence-corrected chi connectivity index (χ4v) is 4.75. The lowest BCUT2D eigenvalue weighted by Gasteiger charge is -2.24. The van der Waals surface area contributed by atoms with Gasteiger partial charge in [-0.05, 0) is 35.5 Å². The molecule has 0 saturated carbocycles. The van der Waals surface area contributed by atoms with Gasteiger partial charge < -0.3 is 9.84 Å². The fourth-order valence-electron chi connectivity index (χ4n) is 4.01. The third-order valence-electron chi connectivity index (χ3n) is 5.57. The van der Waals surface area contributed by atoms with Gasteiger partial charge in [0, 0.05) is 17.5 Å². The van der Waals surface area contributed by atoms with E-state index >= 15 is 0 Å². The predicted octanol–water partition coefficient (Wildman–Crippen LogP) is 5.86. The monoisotopic (exact) mass is 455 g/mol. The number of nitrogens with zero attached hydrogens (tertiary/aromatic N) is 3. The summed E-state index contributed by atoms with van der Waals surface area (Å²) in [5, 5.41) is 16.9. The number of methoxy groups -OCH3 is 1. The molecule has 33 heavy (non-hydrogen) atoms. The number of hydrogen-bond acceptors (Lipinski definition) is 6. The first-order valence-corrected chi connectivity index (χ1v) is 11.3. The third kappa shape index (κ3) is 4.15. The van der Waals surface area contributed by atoms with Gasteiger partial charge in [0.15, 0.2) is 5.84 Å². The molecule has 0 fully saturated rings. The van der Waals surface area contributed by atoms with Crippen LogP contribution in [0.3, 0.4) is 0 Å². The van der Waals surface area contributed by atoms with Gasteiger partial charge in [-0.3, -0.25) is 4.79 Å². The number of phenols is 1. The van der Waals surface area contributed by atoms with Gasteiger partial charge in [-0.1, -0.05) is 66.7 Å². The Labute approximate surface area is 195 Å². The summed E-state index contributed by atoms with van der Waals surface area (Å²) in [6.45, 7) is 0. The highest BCUT2D eigenvalue weighted by atomic mass is 32.2. The number of carbonyl (C=O) groups excluding carboxylic acids is 1. The maximum atomic E-state index is 12.4. The number of aliphatic imine (C=N–C) groups is 1. The van der Waals surface area contributed by atoms with Crippen LogP contribution in [-0.2, 0) is 0 Å². The second-order valence-electron chi connectivity index (χ2n) is 7.59. The number of thioether (sulfide) groups is 1. The number of phenolic OH excluding ortho intramolecular Hbond substituents is 1. The lowest BCUT2D eigenvalue weighted by Crippen LogP contribution is -2.26. The van der Waals surface area contributed by atoms with E-state index in [-0.39, 0.29) is 17.0 Å². The maximum Gasteiger partial charge on any atom is 0.311 e. The topological polar surface area (TPSA) is 74.5 Å². The van der Waals surface area contributed by atoms with Crippen LogP contribution in [0.15, 0.2) is 93.9 Å². The Morgan fingerprint density at radius 2 is 1.76 bits per heavy atom. The minimum Gasteiger partial charge on any atom is -0.508 e. The van der Waals surface area contributed by atoms with E-state index < -0.39 is 0 Å². The summed E-state index contributed by atoms with van der Waals surface area (Å²) >= 11 is 1.06. The molecule has 1 amide bonds. The highest BCUT2D eigenvalue weighted by molar-refractivity contribution is 8.18. The number of hydrazone groups is 1. The Morgan fingerprint density at radius 1 is 1.03 bits per heavy atom. The summed E-state index contributed by atoms with van der Waals surface area (Å²) in [7, 11) is 1.62. The normalized spacial score (nSPS) is 19.1. The number of hydrogen-bond donors (Lipinski definition) is 1. The molecule has 0 spiro atoms. The quantitative estimate of drug-likeness (QED) is 0.533. The first-order chi connectivity index (χ1) is 16.1. The first kappa shape index (κ1) is 21.0. The molecule has 2 heterocycles. The molecule has 7 heteroatoms. The van der Waals surface area contributed by atoms with E-state index in [1.54, 1.807) is 24.3 Å². The average Bonchev–Trinajstić information content (AvgIpc) is 3.43. The van der Waals surface area contributed by atoms with Crippen LogP contribution in [0.5, 0.6) is 11.5 Å². The predicted molar refractivity (Wildman–Crippen MR) is 132 cm³/mol. The number of aromatic hydroxyl groups is 1. The lowest BCUT2D eigenvalue weighted by atomic mass is 9.97. The largest absolute Gasteiger partial charge is 0.508 e. The summed E-state index contributed by atoms with van der Waals surface area (Å²) < 4.78 is 5.47. The van der Waals surface area contributed by atoms with Crippen molar-refractivity contribution in [3.63, 3.8) is 0 Å². The molecule has 1 N–H and O–H groups in total. The summed E-state index contributed by atoms with van der Waals surface area (Å²) in [5.41, 5.74) is 3.44. The van der Waals surface area contributed by atoms with Gasteiger partial charge in [-0.25, -0.2) is 5.01 Å². The smallest absolute Gasteiger partial charge is 0.311 e. The summed E-state index contributed by atoms with van der Waals surface area (Å²) in [6.07, 6.45) is 2.46. The van der Waals surface area contributed by atoms with Crippen LogP contribution in [0.2, 0.25) is 0 Å². The van der Waals surface area contributed by atoms with Crippen LogP contribution in [-0.4, -0.2) is 34.0 Å². The van der Waals surface area contributed by atoms with E-state index in [2.05, 4.69) is 4.99 Å². The van der Waals surface area contributed by atoms with Crippen LogP contribution in [0, 0.1) is 0 Å². The molecule has 164 valence electrons. The van der Waals surface area contributed by atoms with Crippen molar-refractivity contribution in [2.75, 3.05) is 7.11 Å². The van der Waals surface area contributed by atoms with Crippen LogP contribution < -0.4 is 4.74 Å². The Bertz CT molecular complexity index is 1300. The Kier molecular flexibility index (Phi) is 5.71. The zero-order valence-corrected chi connectivity index (χ0v) is 18.7. The average molecular weight is 456 g/mol. The van der Waals surface area contributed by atoms with Gasteiger partial charge in [0.1, 0.15) is 11.5 Å². The number of amides is 1. The summed E-state index contributed by atoms with van der Waals surface area (Å²) in [4.78, 5) is 17.4. The van der Waals surface area contributed by atoms with E-state index in [0.29, 0.717) is 22.9 Å². The molecular formula is C26H21N3O3S. The summed E-state index contributed by atoms with van der Waals surface area (Å²) in [5.74, 6) is 1.36. The Hall–Kier alpha value is -3.84. The van der Waals surface area contributed by atoms with Crippen molar-refractivity contribution in [3.8, 4) is 11.5 Å². The van der Waals surface area contributed by atoms with Crippen molar-refractivity contribution in [1.29, 1.82) is 0 Å². The van der Waals surface area contributed by atoms with Gasteiger partial charge in [-0.15, -0.1) is 0 Å². The van der Waals surface area contributed by atoms with Crippen molar-refractivity contribution in [3.05, 3.63) is 100 Å². The number of para-hydroxylation sites is 2. The second-order valence-corrected chi connectivity index (χ2v) is 8.58. The molecule has 0 bridgehead atoms. The zero-order valence-electron chi connectivity index (χ0n) is 17.9. The lowest BCUT2D eigenvalue weighted by molar-refractivity contribution is 0.267. The standard InChI is InChI=1S/C26H21N3O3S/c1-32-23-14-8-5-11-18(23)15-24-25(27-26(31)33-24)29-21(19-12-6-7-13-22(19)30)16-20(28-29)17-9-3-2-4-10-17/h2-15,21,30H,16H2,1H3/b24-15-.